The molecule has 132 valence electrons. The summed E-state index contributed by atoms with van der Waals surface area (Å²) >= 11 is 0. The van der Waals surface area contributed by atoms with Gasteiger partial charge in [-0.05, 0) is 51.4 Å². The first-order chi connectivity index (χ1) is 12.3. The average molecular weight is 348 g/mol. The third-order valence-electron chi connectivity index (χ3n) is 4.88. The zero-order valence-corrected chi connectivity index (χ0v) is 15.3. The van der Waals surface area contributed by atoms with Crippen LogP contribution in [0.3, 0.4) is 0 Å². The van der Waals surface area contributed by atoms with Gasteiger partial charge in [0.05, 0.1) is 11.2 Å². The molecule has 7 heteroatoms. The second-order valence-electron chi connectivity index (χ2n) is 7.22. The lowest BCUT2D eigenvalue weighted by molar-refractivity contribution is 0.00578. The van der Waals surface area contributed by atoms with Crippen molar-refractivity contribution in [1.29, 1.82) is 10.7 Å². The molecule has 0 saturated carbocycles. The Hall–Kier alpha value is -2.69. The highest BCUT2D eigenvalue weighted by Gasteiger charge is 2.51. The van der Waals surface area contributed by atoms with Gasteiger partial charge in [0.1, 0.15) is 17.6 Å². The van der Waals surface area contributed by atoms with E-state index in [-0.39, 0.29) is 0 Å². The SMILES string of the molecule is CC1(C)OB(c2ccc(C=N)c(Nc3cccc(C#N)n3)c2)OC1(C)C. The molecule has 0 atom stereocenters. The lowest BCUT2D eigenvalue weighted by Crippen LogP contribution is -2.41. The Bertz CT molecular complexity index is 873. The number of aromatic nitrogens is 1. The van der Waals surface area contributed by atoms with Crippen molar-refractivity contribution in [3.63, 3.8) is 0 Å². The standard InChI is InChI=1S/C19H21BN4O2/c1-18(2)19(3,4)26-20(25-18)14-9-8-13(11-21)16(10-14)24-17-7-5-6-15(12-22)23-17/h5-11,21H,1-4H3,(H,23,24). The van der Waals surface area contributed by atoms with E-state index in [1.165, 1.54) is 6.21 Å². The summed E-state index contributed by atoms with van der Waals surface area (Å²) in [6, 6.07) is 12.8. The summed E-state index contributed by atoms with van der Waals surface area (Å²) in [4.78, 5) is 4.23. The maximum atomic E-state index is 9.01. The van der Waals surface area contributed by atoms with Crippen LogP contribution >= 0.6 is 0 Å². The molecule has 0 amide bonds. The number of hydrogen-bond donors (Lipinski definition) is 2. The first-order valence-corrected chi connectivity index (χ1v) is 8.40. The Labute approximate surface area is 153 Å². The van der Waals surface area contributed by atoms with Gasteiger partial charge in [0.2, 0.25) is 0 Å². The fourth-order valence-electron chi connectivity index (χ4n) is 2.64. The Morgan fingerprint density at radius 1 is 1.15 bits per heavy atom. The fraction of sp³-hybridized carbons (Fsp3) is 0.316. The van der Waals surface area contributed by atoms with Gasteiger partial charge in [-0.15, -0.1) is 0 Å². The van der Waals surface area contributed by atoms with Crippen LogP contribution < -0.4 is 10.8 Å². The van der Waals surface area contributed by atoms with E-state index in [1.807, 2.05) is 52.0 Å². The molecule has 26 heavy (non-hydrogen) atoms. The first-order valence-electron chi connectivity index (χ1n) is 8.40. The van der Waals surface area contributed by atoms with Crippen LogP contribution in [0.15, 0.2) is 36.4 Å². The van der Waals surface area contributed by atoms with Crippen molar-refractivity contribution in [2.75, 3.05) is 5.32 Å². The van der Waals surface area contributed by atoms with E-state index in [0.717, 1.165) is 5.46 Å². The highest BCUT2D eigenvalue weighted by Crippen LogP contribution is 2.36. The largest absolute Gasteiger partial charge is 0.494 e. The second-order valence-corrected chi connectivity index (χ2v) is 7.22. The summed E-state index contributed by atoms with van der Waals surface area (Å²) in [5.41, 5.74) is 1.74. The predicted molar refractivity (Wildman–Crippen MR) is 102 cm³/mol. The number of hydrogen-bond acceptors (Lipinski definition) is 6. The summed E-state index contributed by atoms with van der Waals surface area (Å²) in [5.74, 6) is 0.540. The quantitative estimate of drug-likeness (QED) is 0.655. The lowest BCUT2D eigenvalue weighted by atomic mass is 9.78. The minimum absolute atomic E-state index is 0.327. The normalized spacial score (nSPS) is 17.6. The van der Waals surface area contributed by atoms with Gasteiger partial charge in [-0.25, -0.2) is 4.98 Å². The van der Waals surface area contributed by atoms with E-state index in [2.05, 4.69) is 10.3 Å². The summed E-state index contributed by atoms with van der Waals surface area (Å²) in [5, 5.41) is 19.8. The van der Waals surface area contributed by atoms with Crippen molar-refractivity contribution in [2.45, 2.75) is 38.9 Å². The van der Waals surface area contributed by atoms with Crippen LogP contribution in [0.1, 0.15) is 39.0 Å². The third kappa shape index (κ3) is 3.34. The summed E-state index contributed by atoms with van der Waals surface area (Å²) in [6.45, 7) is 8.04. The van der Waals surface area contributed by atoms with Gasteiger partial charge in [-0.2, -0.15) is 5.26 Å². The molecule has 0 bridgehead atoms. The van der Waals surface area contributed by atoms with Crippen LogP contribution in [0, 0.1) is 16.7 Å². The van der Waals surface area contributed by atoms with Gasteiger partial charge in [0.15, 0.2) is 0 Å². The molecule has 6 nitrogen and oxygen atoms in total. The molecule has 1 aromatic heterocycles. The number of pyridine rings is 1. The van der Waals surface area contributed by atoms with Gasteiger partial charge in [-0.1, -0.05) is 18.2 Å². The Morgan fingerprint density at radius 2 is 1.85 bits per heavy atom. The second kappa shape index (κ2) is 6.56. The fourth-order valence-corrected chi connectivity index (χ4v) is 2.64. The molecule has 1 aliphatic rings. The van der Waals surface area contributed by atoms with Crippen LogP contribution in [0.25, 0.3) is 0 Å². The molecule has 1 saturated heterocycles. The van der Waals surface area contributed by atoms with Crippen molar-refractivity contribution in [1.82, 2.24) is 4.98 Å². The van der Waals surface area contributed by atoms with E-state index in [1.54, 1.807) is 18.2 Å². The van der Waals surface area contributed by atoms with Gasteiger partial charge >= 0.3 is 7.12 Å². The number of nitriles is 1. The minimum atomic E-state index is -0.487. The van der Waals surface area contributed by atoms with E-state index < -0.39 is 18.3 Å². The Kier molecular flexibility index (Phi) is 4.57. The molecule has 0 spiro atoms. The third-order valence-corrected chi connectivity index (χ3v) is 4.88. The van der Waals surface area contributed by atoms with Crippen LogP contribution in [-0.2, 0) is 9.31 Å². The van der Waals surface area contributed by atoms with E-state index in [0.29, 0.717) is 22.8 Å². The van der Waals surface area contributed by atoms with E-state index >= 15 is 0 Å². The van der Waals surface area contributed by atoms with Gasteiger partial charge < -0.3 is 20.0 Å². The lowest BCUT2D eigenvalue weighted by Gasteiger charge is -2.32. The van der Waals surface area contributed by atoms with Crippen LogP contribution in [0.2, 0.25) is 0 Å². The monoisotopic (exact) mass is 348 g/mol. The van der Waals surface area contributed by atoms with Crippen molar-refractivity contribution in [3.8, 4) is 6.07 Å². The molecule has 0 radical (unpaired) electrons. The molecule has 0 unspecified atom stereocenters. The smallest absolute Gasteiger partial charge is 0.399 e. The zero-order chi connectivity index (χ0) is 18.9. The molecular formula is C19H21BN4O2. The maximum Gasteiger partial charge on any atom is 0.494 e. The predicted octanol–water partition coefficient (Wildman–Crippen LogP) is 2.99. The topological polar surface area (TPSA) is 91.0 Å². The van der Waals surface area contributed by atoms with E-state index in [9.17, 15) is 0 Å². The van der Waals surface area contributed by atoms with Gasteiger partial charge in [-0.3, -0.25) is 0 Å². The van der Waals surface area contributed by atoms with Crippen molar-refractivity contribution >= 4 is 30.3 Å². The van der Waals surface area contributed by atoms with Crippen molar-refractivity contribution < 1.29 is 9.31 Å². The molecule has 2 aromatic rings. The molecule has 1 aliphatic heterocycles. The highest BCUT2D eigenvalue weighted by atomic mass is 16.7. The molecule has 2 N–H and O–H groups in total. The van der Waals surface area contributed by atoms with E-state index in [4.69, 9.17) is 20.0 Å². The van der Waals surface area contributed by atoms with Crippen LogP contribution in [0.4, 0.5) is 11.5 Å². The summed E-state index contributed by atoms with van der Waals surface area (Å²) in [6.07, 6.45) is 1.27. The molecule has 1 aromatic carbocycles. The Balaban J connectivity index is 1.93. The molecular weight excluding hydrogens is 327 g/mol. The van der Waals surface area contributed by atoms with Crippen LogP contribution in [0.5, 0.6) is 0 Å². The number of anilines is 2. The van der Waals surface area contributed by atoms with Crippen LogP contribution in [-0.4, -0.2) is 29.5 Å². The number of benzene rings is 1. The summed E-state index contributed by atoms with van der Waals surface area (Å²) in [7, 11) is -0.487. The molecule has 1 fully saturated rings. The van der Waals surface area contributed by atoms with Crippen molar-refractivity contribution in [2.24, 2.45) is 0 Å². The molecule has 2 heterocycles. The maximum absolute atomic E-state index is 9.01. The molecule has 3 rings (SSSR count). The zero-order valence-electron chi connectivity index (χ0n) is 15.3. The number of nitrogens with one attached hydrogen (secondary N) is 2. The summed E-state index contributed by atoms with van der Waals surface area (Å²) < 4.78 is 12.2. The Morgan fingerprint density at radius 3 is 2.46 bits per heavy atom. The number of nitrogens with zero attached hydrogens (tertiary/aromatic N) is 2. The molecule has 0 aliphatic carbocycles. The van der Waals surface area contributed by atoms with Gasteiger partial charge in [0.25, 0.3) is 0 Å². The van der Waals surface area contributed by atoms with Gasteiger partial charge in [0, 0.05) is 17.5 Å². The number of rotatable bonds is 4. The van der Waals surface area contributed by atoms with Crippen molar-refractivity contribution in [3.05, 3.63) is 47.7 Å². The minimum Gasteiger partial charge on any atom is -0.399 e. The average Bonchev–Trinajstić information content (AvgIpc) is 2.83. The highest BCUT2D eigenvalue weighted by molar-refractivity contribution is 6.62. The first kappa shape index (κ1) is 18.1.